The van der Waals surface area contributed by atoms with Gasteiger partial charge in [-0.15, -0.1) is 0 Å². The maximum absolute atomic E-state index is 12.4. The average molecular weight is 346 g/mol. The fourth-order valence-electron chi connectivity index (χ4n) is 2.37. The molecule has 3 rings (SSSR count). The molecule has 0 bridgehead atoms. The molecule has 26 heavy (non-hydrogen) atoms. The summed E-state index contributed by atoms with van der Waals surface area (Å²) in [6, 6.07) is 14.5. The molecule has 0 spiro atoms. The molecule has 0 saturated carbocycles. The molecule has 0 aliphatic heterocycles. The maximum Gasteiger partial charge on any atom is 0.257 e. The molecule has 2 N–H and O–H groups in total. The third-order valence-corrected chi connectivity index (χ3v) is 3.81. The van der Waals surface area contributed by atoms with E-state index in [1.54, 1.807) is 6.20 Å². The van der Waals surface area contributed by atoms with Crippen molar-refractivity contribution in [3.8, 4) is 0 Å². The average Bonchev–Trinajstić information content (AvgIpc) is 2.69. The number of pyridine rings is 2. The van der Waals surface area contributed by atoms with Gasteiger partial charge >= 0.3 is 0 Å². The van der Waals surface area contributed by atoms with E-state index in [1.165, 1.54) is 18.5 Å². The zero-order valence-electron chi connectivity index (χ0n) is 14.3. The molecular formula is C20H18N4O2. The standard InChI is InChI=1S/C20H18N4O2/c1-14-6-2-3-8-18(14)24-20(26)16-10-15(11-21-12-16)19(25)23-13-17-7-4-5-9-22-17/h2-12H,13H2,1H3,(H,23,25)(H,24,26). The van der Waals surface area contributed by atoms with Gasteiger partial charge in [-0.05, 0) is 36.8 Å². The number of carbonyl (C=O) groups is 2. The molecule has 0 atom stereocenters. The Bertz CT molecular complexity index is 926. The van der Waals surface area contributed by atoms with E-state index in [2.05, 4.69) is 20.6 Å². The predicted molar refractivity (Wildman–Crippen MR) is 98.8 cm³/mol. The Hall–Kier alpha value is -3.54. The van der Waals surface area contributed by atoms with Crippen molar-refractivity contribution in [2.24, 2.45) is 0 Å². The van der Waals surface area contributed by atoms with Crippen LogP contribution in [0.1, 0.15) is 32.0 Å². The highest BCUT2D eigenvalue weighted by molar-refractivity contribution is 6.06. The minimum absolute atomic E-state index is 0.305. The van der Waals surface area contributed by atoms with Crippen LogP contribution < -0.4 is 10.6 Å². The van der Waals surface area contributed by atoms with E-state index >= 15 is 0 Å². The molecule has 0 saturated heterocycles. The minimum atomic E-state index is -0.314. The van der Waals surface area contributed by atoms with Crippen LogP contribution in [0.3, 0.4) is 0 Å². The number of nitrogens with one attached hydrogen (secondary N) is 2. The molecule has 2 amide bonds. The number of aryl methyl sites for hydroxylation is 1. The van der Waals surface area contributed by atoms with Crippen LogP contribution in [-0.2, 0) is 6.54 Å². The first-order valence-corrected chi connectivity index (χ1v) is 8.13. The molecule has 0 radical (unpaired) electrons. The van der Waals surface area contributed by atoms with Crippen LogP contribution in [0, 0.1) is 6.92 Å². The second-order valence-electron chi connectivity index (χ2n) is 5.74. The molecule has 0 aliphatic carbocycles. The van der Waals surface area contributed by atoms with Gasteiger partial charge in [0.2, 0.25) is 0 Å². The molecule has 130 valence electrons. The Labute approximate surface area is 151 Å². The number of nitrogens with zero attached hydrogens (tertiary/aromatic N) is 2. The highest BCUT2D eigenvalue weighted by Gasteiger charge is 2.12. The Morgan fingerprint density at radius 2 is 1.69 bits per heavy atom. The van der Waals surface area contributed by atoms with Gasteiger partial charge in [-0.2, -0.15) is 0 Å². The summed E-state index contributed by atoms with van der Waals surface area (Å²) >= 11 is 0. The molecule has 2 heterocycles. The van der Waals surface area contributed by atoms with Crippen LogP contribution >= 0.6 is 0 Å². The zero-order chi connectivity index (χ0) is 18.4. The van der Waals surface area contributed by atoms with Crippen molar-refractivity contribution in [1.29, 1.82) is 0 Å². The van der Waals surface area contributed by atoms with Crippen LogP contribution in [0.25, 0.3) is 0 Å². The smallest absolute Gasteiger partial charge is 0.257 e. The monoisotopic (exact) mass is 346 g/mol. The molecular weight excluding hydrogens is 328 g/mol. The molecule has 6 heteroatoms. The molecule has 0 unspecified atom stereocenters. The lowest BCUT2D eigenvalue weighted by atomic mass is 10.1. The summed E-state index contributed by atoms with van der Waals surface area (Å²) in [7, 11) is 0. The summed E-state index contributed by atoms with van der Waals surface area (Å²) < 4.78 is 0. The topological polar surface area (TPSA) is 84.0 Å². The number of carbonyl (C=O) groups excluding carboxylic acids is 2. The predicted octanol–water partition coefficient (Wildman–Crippen LogP) is 2.97. The van der Waals surface area contributed by atoms with Crippen molar-refractivity contribution in [2.45, 2.75) is 13.5 Å². The van der Waals surface area contributed by atoms with Crippen LogP contribution in [0.5, 0.6) is 0 Å². The quantitative estimate of drug-likeness (QED) is 0.744. The molecule has 0 aliphatic rings. The van der Waals surface area contributed by atoms with E-state index in [9.17, 15) is 9.59 Å². The van der Waals surface area contributed by atoms with Gasteiger partial charge in [0.15, 0.2) is 0 Å². The molecule has 6 nitrogen and oxygen atoms in total. The van der Waals surface area contributed by atoms with Gasteiger partial charge in [-0.1, -0.05) is 24.3 Å². The van der Waals surface area contributed by atoms with Crippen molar-refractivity contribution >= 4 is 17.5 Å². The first kappa shape index (κ1) is 17.3. The first-order chi connectivity index (χ1) is 12.6. The number of hydrogen-bond donors (Lipinski definition) is 2. The highest BCUT2D eigenvalue weighted by atomic mass is 16.2. The highest BCUT2D eigenvalue weighted by Crippen LogP contribution is 2.15. The van der Waals surface area contributed by atoms with E-state index in [1.807, 2.05) is 49.4 Å². The second-order valence-corrected chi connectivity index (χ2v) is 5.74. The lowest BCUT2D eigenvalue weighted by Gasteiger charge is -2.09. The summed E-state index contributed by atoms with van der Waals surface area (Å²) in [4.78, 5) is 32.9. The third kappa shape index (κ3) is 4.30. The van der Waals surface area contributed by atoms with Crippen molar-refractivity contribution in [3.63, 3.8) is 0 Å². The first-order valence-electron chi connectivity index (χ1n) is 8.13. The summed E-state index contributed by atoms with van der Waals surface area (Å²) in [5, 5.41) is 5.60. The lowest BCUT2D eigenvalue weighted by molar-refractivity contribution is 0.0950. The number of aromatic nitrogens is 2. The summed E-state index contributed by atoms with van der Waals surface area (Å²) in [5.74, 6) is -0.625. The lowest BCUT2D eigenvalue weighted by Crippen LogP contribution is -2.24. The Balaban J connectivity index is 1.68. The van der Waals surface area contributed by atoms with Crippen LogP contribution in [0.2, 0.25) is 0 Å². The largest absolute Gasteiger partial charge is 0.346 e. The zero-order valence-corrected chi connectivity index (χ0v) is 14.3. The number of para-hydroxylation sites is 1. The van der Waals surface area contributed by atoms with Crippen molar-refractivity contribution < 1.29 is 9.59 Å². The minimum Gasteiger partial charge on any atom is -0.346 e. The van der Waals surface area contributed by atoms with Crippen molar-refractivity contribution in [1.82, 2.24) is 15.3 Å². The van der Waals surface area contributed by atoms with Gasteiger partial charge in [-0.25, -0.2) is 0 Å². The fourth-order valence-corrected chi connectivity index (χ4v) is 2.37. The van der Waals surface area contributed by atoms with Gasteiger partial charge in [0.25, 0.3) is 11.8 Å². The fraction of sp³-hybridized carbons (Fsp3) is 0.100. The Kier molecular flexibility index (Phi) is 5.34. The van der Waals surface area contributed by atoms with Gasteiger partial charge in [0, 0.05) is 24.3 Å². The normalized spacial score (nSPS) is 10.2. The molecule has 1 aromatic carbocycles. The summed E-state index contributed by atoms with van der Waals surface area (Å²) in [6.45, 7) is 2.22. The van der Waals surface area contributed by atoms with Gasteiger partial charge in [0.05, 0.1) is 23.4 Å². The van der Waals surface area contributed by atoms with E-state index in [-0.39, 0.29) is 11.8 Å². The molecule has 0 fully saturated rings. The van der Waals surface area contributed by atoms with Crippen molar-refractivity contribution in [2.75, 3.05) is 5.32 Å². The second kappa shape index (κ2) is 8.02. The van der Waals surface area contributed by atoms with Gasteiger partial charge in [0.1, 0.15) is 0 Å². The van der Waals surface area contributed by atoms with E-state index in [0.29, 0.717) is 17.7 Å². The SMILES string of the molecule is Cc1ccccc1NC(=O)c1cncc(C(=O)NCc2ccccn2)c1. The number of hydrogen-bond acceptors (Lipinski definition) is 4. The summed E-state index contributed by atoms with van der Waals surface area (Å²) in [5.41, 5.74) is 3.07. The maximum atomic E-state index is 12.4. The van der Waals surface area contributed by atoms with E-state index in [4.69, 9.17) is 0 Å². The van der Waals surface area contributed by atoms with E-state index < -0.39 is 0 Å². The van der Waals surface area contributed by atoms with Gasteiger partial charge < -0.3 is 10.6 Å². The summed E-state index contributed by atoms with van der Waals surface area (Å²) in [6.07, 6.45) is 4.53. The third-order valence-electron chi connectivity index (χ3n) is 3.81. The molecule has 3 aromatic rings. The van der Waals surface area contributed by atoms with Crippen molar-refractivity contribution in [3.05, 3.63) is 89.5 Å². The van der Waals surface area contributed by atoms with Gasteiger partial charge in [-0.3, -0.25) is 19.6 Å². The van der Waals surface area contributed by atoms with Crippen LogP contribution in [-0.4, -0.2) is 21.8 Å². The van der Waals surface area contributed by atoms with Crippen LogP contribution in [0.4, 0.5) is 5.69 Å². The Morgan fingerprint density at radius 3 is 2.42 bits per heavy atom. The molecule has 2 aromatic heterocycles. The number of rotatable bonds is 5. The number of benzene rings is 1. The van der Waals surface area contributed by atoms with Crippen LogP contribution in [0.15, 0.2) is 67.1 Å². The Morgan fingerprint density at radius 1 is 0.962 bits per heavy atom. The van der Waals surface area contributed by atoms with E-state index in [0.717, 1.165) is 16.9 Å². The number of amides is 2. The number of anilines is 1.